The fourth-order valence-corrected chi connectivity index (χ4v) is 2.65. The Hall–Kier alpha value is -1.79. The van der Waals surface area contributed by atoms with Crippen molar-refractivity contribution in [3.63, 3.8) is 0 Å². The van der Waals surface area contributed by atoms with E-state index in [9.17, 15) is 4.79 Å². The molecule has 0 radical (unpaired) electrons. The molecule has 0 spiro atoms. The molecular weight excluding hydrogens is 288 g/mol. The van der Waals surface area contributed by atoms with Crippen molar-refractivity contribution < 1.29 is 14.3 Å². The van der Waals surface area contributed by atoms with E-state index in [2.05, 4.69) is 4.98 Å². The lowest BCUT2D eigenvalue weighted by molar-refractivity contribution is 0.0511. The first kappa shape index (κ1) is 15.6. The molecular formula is C15H18N2O3S. The number of hydrogen-bond acceptors (Lipinski definition) is 5. The second-order valence-electron chi connectivity index (χ2n) is 4.32. The van der Waals surface area contributed by atoms with Crippen molar-refractivity contribution in [1.82, 2.24) is 9.55 Å². The summed E-state index contributed by atoms with van der Waals surface area (Å²) < 4.78 is 12.1. The fourth-order valence-electron chi connectivity index (χ4n) is 1.81. The van der Waals surface area contributed by atoms with Crippen molar-refractivity contribution in [1.29, 1.82) is 0 Å². The normalized spacial score (nSPS) is 10.5. The predicted molar refractivity (Wildman–Crippen MR) is 81.9 cm³/mol. The first-order valence-corrected chi connectivity index (χ1v) is 7.63. The Labute approximate surface area is 128 Å². The van der Waals surface area contributed by atoms with Gasteiger partial charge in [0.05, 0.1) is 0 Å². The van der Waals surface area contributed by atoms with E-state index in [1.807, 2.05) is 35.0 Å². The Morgan fingerprint density at radius 1 is 1.33 bits per heavy atom. The first-order chi connectivity index (χ1) is 10.3. The molecule has 0 unspecified atom stereocenters. The maximum absolute atomic E-state index is 10.7. The zero-order valence-electron chi connectivity index (χ0n) is 11.9. The molecule has 0 aliphatic rings. The van der Waals surface area contributed by atoms with Gasteiger partial charge in [-0.2, -0.15) is 0 Å². The molecule has 21 heavy (non-hydrogen) atoms. The highest BCUT2D eigenvalue weighted by Crippen LogP contribution is 2.22. The monoisotopic (exact) mass is 306 g/mol. The highest BCUT2D eigenvalue weighted by molar-refractivity contribution is 7.99. The van der Waals surface area contributed by atoms with Crippen LogP contribution < -0.4 is 4.74 Å². The molecule has 5 nitrogen and oxygen atoms in total. The van der Waals surface area contributed by atoms with Crippen LogP contribution >= 0.6 is 11.8 Å². The van der Waals surface area contributed by atoms with Crippen molar-refractivity contribution in [2.45, 2.75) is 17.9 Å². The van der Waals surface area contributed by atoms with E-state index in [4.69, 9.17) is 9.47 Å². The van der Waals surface area contributed by atoms with Gasteiger partial charge in [-0.1, -0.05) is 0 Å². The van der Waals surface area contributed by atoms with Crippen LogP contribution in [0.3, 0.4) is 0 Å². The van der Waals surface area contributed by atoms with Crippen LogP contribution in [0.4, 0.5) is 0 Å². The number of nitrogens with zero attached hydrogens (tertiary/aromatic N) is 2. The van der Waals surface area contributed by atoms with E-state index in [1.165, 1.54) is 4.90 Å². The summed E-state index contributed by atoms with van der Waals surface area (Å²) in [5.41, 5.74) is 0. The quantitative estimate of drug-likeness (QED) is 0.309. The van der Waals surface area contributed by atoms with Gasteiger partial charge in [-0.05, 0) is 36.4 Å². The van der Waals surface area contributed by atoms with Gasteiger partial charge in [-0.3, -0.25) is 4.79 Å². The Morgan fingerprint density at radius 3 is 2.86 bits per heavy atom. The number of aldehydes is 1. The van der Waals surface area contributed by atoms with Crippen molar-refractivity contribution in [3.05, 3.63) is 42.5 Å². The highest BCUT2D eigenvalue weighted by atomic mass is 32.2. The largest absolute Gasteiger partial charge is 0.468 e. The van der Waals surface area contributed by atoms with Crippen molar-refractivity contribution in [2.75, 3.05) is 19.7 Å². The number of rotatable bonds is 9. The van der Waals surface area contributed by atoms with E-state index in [0.717, 1.165) is 30.8 Å². The van der Waals surface area contributed by atoms with Crippen molar-refractivity contribution >= 4 is 18.0 Å². The predicted octanol–water partition coefficient (Wildman–Crippen LogP) is 2.86. The summed E-state index contributed by atoms with van der Waals surface area (Å²) in [6.45, 7) is 1.06. The molecule has 0 fully saturated rings. The van der Waals surface area contributed by atoms with Crippen LogP contribution in [-0.4, -0.2) is 35.5 Å². The van der Waals surface area contributed by atoms with Crippen LogP contribution in [-0.2, 0) is 11.3 Å². The minimum atomic E-state index is 0.260. The minimum Gasteiger partial charge on any atom is -0.468 e. The zero-order valence-corrected chi connectivity index (χ0v) is 12.7. The van der Waals surface area contributed by atoms with Crippen molar-refractivity contribution in [2.24, 2.45) is 0 Å². The van der Waals surface area contributed by atoms with Gasteiger partial charge in [-0.15, -0.1) is 11.8 Å². The van der Waals surface area contributed by atoms with E-state index >= 15 is 0 Å². The van der Waals surface area contributed by atoms with Crippen LogP contribution in [0.15, 0.2) is 41.6 Å². The first-order valence-electron chi connectivity index (χ1n) is 6.64. The molecule has 2 aromatic rings. The number of aromatic nitrogens is 2. The highest BCUT2D eigenvalue weighted by Gasteiger charge is 2.01. The molecule has 112 valence electrons. The van der Waals surface area contributed by atoms with Gasteiger partial charge in [0.15, 0.2) is 18.9 Å². The number of carbonyl (C=O) groups excluding carboxylic acids is 1. The number of thioether (sulfide) groups is 1. The van der Waals surface area contributed by atoms with Crippen LogP contribution in [0, 0.1) is 0 Å². The Balaban J connectivity index is 1.72. The molecule has 1 heterocycles. The van der Waals surface area contributed by atoms with Crippen LogP contribution in [0.25, 0.3) is 0 Å². The van der Waals surface area contributed by atoms with Gasteiger partial charge in [0, 0.05) is 30.9 Å². The van der Waals surface area contributed by atoms with E-state index in [-0.39, 0.29) is 6.79 Å². The summed E-state index contributed by atoms with van der Waals surface area (Å²) in [5, 5.41) is 0. The van der Waals surface area contributed by atoms with Gasteiger partial charge in [0.1, 0.15) is 5.75 Å². The Kier molecular flexibility index (Phi) is 6.30. The number of benzene rings is 1. The van der Waals surface area contributed by atoms with E-state index in [1.54, 1.807) is 25.1 Å². The molecule has 0 aliphatic carbocycles. The average Bonchev–Trinajstić information content (AvgIpc) is 2.98. The number of ether oxygens (including phenoxy) is 2. The second kappa shape index (κ2) is 8.49. The number of carbonyl (C=O) groups is 1. The molecule has 1 aromatic carbocycles. The van der Waals surface area contributed by atoms with E-state index in [0.29, 0.717) is 5.82 Å². The fraction of sp³-hybridized carbons (Fsp3) is 0.333. The molecule has 0 atom stereocenters. The third-order valence-corrected chi connectivity index (χ3v) is 3.93. The van der Waals surface area contributed by atoms with Crippen LogP contribution in [0.1, 0.15) is 17.0 Å². The molecule has 0 bridgehead atoms. The van der Waals surface area contributed by atoms with Gasteiger partial charge in [-0.25, -0.2) is 4.98 Å². The van der Waals surface area contributed by atoms with E-state index < -0.39 is 0 Å². The van der Waals surface area contributed by atoms with Gasteiger partial charge < -0.3 is 14.0 Å². The topological polar surface area (TPSA) is 53.4 Å². The second-order valence-corrected chi connectivity index (χ2v) is 5.49. The summed E-state index contributed by atoms with van der Waals surface area (Å²) in [4.78, 5) is 15.9. The minimum absolute atomic E-state index is 0.260. The van der Waals surface area contributed by atoms with Crippen LogP contribution in [0.2, 0.25) is 0 Å². The van der Waals surface area contributed by atoms with Gasteiger partial charge >= 0.3 is 0 Å². The summed E-state index contributed by atoms with van der Waals surface area (Å²) in [6, 6.07) is 7.93. The number of hydrogen-bond donors (Lipinski definition) is 0. The summed E-state index contributed by atoms with van der Waals surface area (Å²) in [5.74, 6) is 2.27. The molecule has 0 N–H and O–H groups in total. The van der Waals surface area contributed by atoms with Gasteiger partial charge in [0.2, 0.25) is 0 Å². The molecule has 1 aromatic heterocycles. The molecule has 6 heteroatoms. The maximum atomic E-state index is 10.7. The lowest BCUT2D eigenvalue weighted by Gasteiger charge is -2.06. The van der Waals surface area contributed by atoms with Gasteiger partial charge in [0.25, 0.3) is 0 Å². The summed E-state index contributed by atoms with van der Waals surface area (Å²) >= 11 is 1.78. The molecule has 0 amide bonds. The third-order valence-electron chi connectivity index (χ3n) is 2.83. The Bertz CT molecular complexity index is 554. The smallest absolute Gasteiger partial charge is 0.188 e. The number of methoxy groups -OCH3 is 1. The Morgan fingerprint density at radius 2 is 2.14 bits per heavy atom. The standard InChI is InChI=1S/C15H18N2O3S/c1-19-12-20-13-3-5-14(6-4-13)21-10-2-8-17-9-7-16-15(17)11-18/h3-7,9,11H,2,8,10,12H2,1H3. The average molecular weight is 306 g/mol. The summed E-state index contributed by atoms with van der Waals surface area (Å²) in [6.07, 6.45) is 5.24. The van der Waals surface area contributed by atoms with Crippen molar-refractivity contribution in [3.8, 4) is 5.75 Å². The van der Waals surface area contributed by atoms with Crippen LogP contribution in [0.5, 0.6) is 5.75 Å². The molecule has 0 aliphatic heterocycles. The molecule has 0 saturated carbocycles. The maximum Gasteiger partial charge on any atom is 0.188 e. The summed E-state index contributed by atoms with van der Waals surface area (Å²) in [7, 11) is 1.60. The number of aryl methyl sites for hydroxylation is 1. The zero-order chi connectivity index (χ0) is 14.9. The lowest BCUT2D eigenvalue weighted by atomic mass is 10.3. The molecule has 0 saturated heterocycles. The number of imidazole rings is 1. The SMILES string of the molecule is COCOc1ccc(SCCCn2ccnc2C=O)cc1. The molecule has 2 rings (SSSR count). The lowest BCUT2D eigenvalue weighted by Crippen LogP contribution is -2.02. The third kappa shape index (κ3) is 4.91.